The molecule has 0 bridgehead atoms. The third kappa shape index (κ3) is 2.97. The number of hydrogen-bond donors (Lipinski definition) is 2. The zero-order valence-corrected chi connectivity index (χ0v) is 12.4. The fourth-order valence-electron chi connectivity index (χ4n) is 2.50. The van der Waals surface area contributed by atoms with Crippen molar-refractivity contribution in [2.45, 2.75) is 19.3 Å². The first-order valence-corrected chi connectivity index (χ1v) is 7.83. The Hall–Kier alpha value is -2.15. The topological polar surface area (TPSA) is 84.1 Å². The van der Waals surface area contributed by atoms with Crippen LogP contribution in [-0.4, -0.2) is 29.0 Å². The summed E-state index contributed by atoms with van der Waals surface area (Å²) in [7, 11) is 0. The Kier molecular flexibility index (Phi) is 4.01. The van der Waals surface area contributed by atoms with Crippen molar-refractivity contribution in [1.82, 2.24) is 9.97 Å². The third-order valence-electron chi connectivity index (χ3n) is 3.55. The Morgan fingerprint density at radius 2 is 2.14 bits per heavy atom. The number of anilines is 3. The molecule has 2 aromatic rings. The molecule has 0 aromatic carbocycles. The summed E-state index contributed by atoms with van der Waals surface area (Å²) in [5, 5.41) is 3.30. The molecule has 0 unspecified atom stereocenters. The Morgan fingerprint density at radius 3 is 2.86 bits per heavy atom. The van der Waals surface area contributed by atoms with E-state index in [0.29, 0.717) is 10.7 Å². The summed E-state index contributed by atoms with van der Waals surface area (Å²) < 4.78 is 0. The van der Waals surface area contributed by atoms with Crippen molar-refractivity contribution in [3.05, 3.63) is 29.7 Å². The summed E-state index contributed by atoms with van der Waals surface area (Å²) in [6.45, 7) is 2.01. The maximum absolute atomic E-state index is 12.2. The van der Waals surface area contributed by atoms with Gasteiger partial charge in [-0.15, -0.1) is 11.3 Å². The first-order chi connectivity index (χ1) is 10.3. The van der Waals surface area contributed by atoms with Gasteiger partial charge in [0.25, 0.3) is 5.91 Å². The number of carbonyl (C=O) groups is 1. The van der Waals surface area contributed by atoms with E-state index in [0.717, 1.165) is 18.8 Å². The summed E-state index contributed by atoms with van der Waals surface area (Å²) in [5.74, 6) is -0.292. The van der Waals surface area contributed by atoms with Crippen LogP contribution in [0.3, 0.4) is 0 Å². The SMILES string of the molecule is Nc1scnc1C(=O)Nc1cnccc1N1CCCCC1. The van der Waals surface area contributed by atoms with Gasteiger partial charge in [0.05, 0.1) is 23.1 Å². The van der Waals surface area contributed by atoms with E-state index >= 15 is 0 Å². The van der Waals surface area contributed by atoms with E-state index in [9.17, 15) is 4.79 Å². The van der Waals surface area contributed by atoms with Crippen LogP contribution in [0.1, 0.15) is 29.8 Å². The highest BCUT2D eigenvalue weighted by atomic mass is 32.1. The van der Waals surface area contributed by atoms with Crippen LogP contribution in [0.5, 0.6) is 0 Å². The number of nitrogens with two attached hydrogens (primary N) is 1. The van der Waals surface area contributed by atoms with Crippen molar-refractivity contribution in [2.75, 3.05) is 29.0 Å². The number of hydrogen-bond acceptors (Lipinski definition) is 6. The highest BCUT2D eigenvalue weighted by Gasteiger charge is 2.18. The number of piperidine rings is 1. The Morgan fingerprint density at radius 1 is 1.33 bits per heavy atom. The van der Waals surface area contributed by atoms with E-state index in [1.807, 2.05) is 6.07 Å². The number of thiazole rings is 1. The Labute approximate surface area is 127 Å². The van der Waals surface area contributed by atoms with Gasteiger partial charge in [-0.2, -0.15) is 0 Å². The maximum atomic E-state index is 12.2. The quantitative estimate of drug-likeness (QED) is 0.909. The van der Waals surface area contributed by atoms with E-state index in [-0.39, 0.29) is 11.6 Å². The molecule has 1 aliphatic heterocycles. The predicted molar refractivity (Wildman–Crippen MR) is 84.8 cm³/mol. The van der Waals surface area contributed by atoms with Crippen molar-refractivity contribution in [3.8, 4) is 0 Å². The molecule has 1 amide bonds. The molecule has 21 heavy (non-hydrogen) atoms. The van der Waals surface area contributed by atoms with Crippen molar-refractivity contribution in [1.29, 1.82) is 0 Å². The van der Waals surface area contributed by atoms with Gasteiger partial charge in [0.2, 0.25) is 0 Å². The molecule has 7 heteroatoms. The molecule has 1 saturated heterocycles. The van der Waals surface area contributed by atoms with Crippen LogP contribution in [0.25, 0.3) is 0 Å². The van der Waals surface area contributed by atoms with Crippen LogP contribution in [0.2, 0.25) is 0 Å². The molecular formula is C14H17N5OS. The molecule has 3 N–H and O–H groups in total. The van der Waals surface area contributed by atoms with Gasteiger partial charge in [0.1, 0.15) is 5.00 Å². The van der Waals surface area contributed by atoms with Crippen LogP contribution in [0.4, 0.5) is 16.4 Å². The molecule has 110 valence electrons. The monoisotopic (exact) mass is 303 g/mol. The first kappa shape index (κ1) is 13.8. The van der Waals surface area contributed by atoms with E-state index < -0.39 is 0 Å². The molecule has 0 saturated carbocycles. The third-order valence-corrected chi connectivity index (χ3v) is 4.21. The number of amides is 1. The lowest BCUT2D eigenvalue weighted by Crippen LogP contribution is -2.30. The smallest absolute Gasteiger partial charge is 0.277 e. The zero-order chi connectivity index (χ0) is 14.7. The van der Waals surface area contributed by atoms with Crippen molar-refractivity contribution < 1.29 is 4.79 Å². The van der Waals surface area contributed by atoms with Crippen LogP contribution < -0.4 is 16.0 Å². The minimum atomic E-state index is -0.292. The van der Waals surface area contributed by atoms with E-state index in [1.165, 1.54) is 30.6 Å². The lowest BCUT2D eigenvalue weighted by molar-refractivity contribution is 0.102. The van der Waals surface area contributed by atoms with E-state index in [1.54, 1.807) is 17.9 Å². The Balaban J connectivity index is 1.82. The van der Waals surface area contributed by atoms with Gasteiger partial charge in [0.15, 0.2) is 5.69 Å². The highest BCUT2D eigenvalue weighted by molar-refractivity contribution is 7.14. The van der Waals surface area contributed by atoms with Crippen molar-refractivity contribution >= 4 is 33.6 Å². The normalized spacial score (nSPS) is 15.0. The second-order valence-electron chi connectivity index (χ2n) is 4.96. The number of nitrogens with zero attached hydrogens (tertiary/aromatic N) is 3. The molecule has 3 rings (SSSR count). The highest BCUT2D eigenvalue weighted by Crippen LogP contribution is 2.28. The minimum Gasteiger partial charge on any atom is -0.389 e. The van der Waals surface area contributed by atoms with Gasteiger partial charge < -0.3 is 16.0 Å². The van der Waals surface area contributed by atoms with Crippen molar-refractivity contribution in [2.24, 2.45) is 0 Å². The molecule has 0 spiro atoms. The number of carbonyl (C=O) groups excluding carboxylic acids is 1. The Bertz CT molecular complexity index is 636. The second-order valence-corrected chi connectivity index (χ2v) is 5.85. The van der Waals surface area contributed by atoms with Crippen LogP contribution >= 0.6 is 11.3 Å². The van der Waals surface area contributed by atoms with Gasteiger partial charge in [-0.3, -0.25) is 9.78 Å². The lowest BCUT2D eigenvalue weighted by Gasteiger charge is -2.30. The number of aromatic nitrogens is 2. The first-order valence-electron chi connectivity index (χ1n) is 6.95. The molecule has 0 aliphatic carbocycles. The number of nitrogen functional groups attached to an aromatic ring is 1. The van der Waals surface area contributed by atoms with Crippen LogP contribution in [-0.2, 0) is 0 Å². The fraction of sp³-hybridized carbons (Fsp3) is 0.357. The average Bonchev–Trinajstić information content (AvgIpc) is 2.95. The summed E-state index contributed by atoms with van der Waals surface area (Å²) in [5.41, 5.74) is 9.30. The number of nitrogens with one attached hydrogen (secondary N) is 1. The van der Waals surface area contributed by atoms with Gasteiger partial charge in [-0.25, -0.2) is 4.98 Å². The largest absolute Gasteiger partial charge is 0.389 e. The molecular weight excluding hydrogens is 286 g/mol. The molecule has 2 aromatic heterocycles. The average molecular weight is 303 g/mol. The van der Waals surface area contributed by atoms with Gasteiger partial charge in [-0.1, -0.05) is 0 Å². The number of rotatable bonds is 3. The lowest BCUT2D eigenvalue weighted by atomic mass is 10.1. The van der Waals surface area contributed by atoms with Crippen LogP contribution in [0, 0.1) is 0 Å². The molecule has 3 heterocycles. The zero-order valence-electron chi connectivity index (χ0n) is 11.6. The summed E-state index contributed by atoms with van der Waals surface area (Å²) >= 11 is 1.26. The minimum absolute atomic E-state index is 0.272. The fourth-order valence-corrected chi connectivity index (χ4v) is 3.03. The molecule has 1 fully saturated rings. The van der Waals surface area contributed by atoms with E-state index in [4.69, 9.17) is 5.73 Å². The van der Waals surface area contributed by atoms with Crippen molar-refractivity contribution in [3.63, 3.8) is 0 Å². The number of pyridine rings is 1. The molecule has 1 aliphatic rings. The maximum Gasteiger partial charge on any atom is 0.277 e. The summed E-state index contributed by atoms with van der Waals surface area (Å²) in [6, 6.07) is 1.94. The van der Waals surface area contributed by atoms with Crippen LogP contribution in [0.15, 0.2) is 24.0 Å². The standard InChI is InChI=1S/C14H17N5OS/c15-13-12(17-9-21-13)14(20)18-10-8-16-5-4-11(10)19-6-2-1-3-7-19/h4-5,8-9H,1-3,6-7,15H2,(H,18,20). The summed E-state index contributed by atoms with van der Waals surface area (Å²) in [6.07, 6.45) is 7.03. The summed E-state index contributed by atoms with van der Waals surface area (Å²) in [4.78, 5) is 22.6. The van der Waals surface area contributed by atoms with E-state index in [2.05, 4.69) is 20.2 Å². The predicted octanol–water partition coefficient (Wildman–Crippen LogP) is 2.36. The second kappa shape index (κ2) is 6.09. The molecule has 6 nitrogen and oxygen atoms in total. The van der Waals surface area contributed by atoms with Gasteiger partial charge in [-0.05, 0) is 25.3 Å². The van der Waals surface area contributed by atoms with Gasteiger partial charge >= 0.3 is 0 Å². The molecule has 0 radical (unpaired) electrons. The molecule has 0 atom stereocenters. The van der Waals surface area contributed by atoms with Gasteiger partial charge in [0, 0.05) is 19.3 Å².